The van der Waals surface area contributed by atoms with E-state index in [1.165, 1.54) is 6.92 Å². The van der Waals surface area contributed by atoms with Crippen LogP contribution in [-0.2, 0) is 29.0 Å². The molecule has 8 nitrogen and oxygen atoms in total. The van der Waals surface area contributed by atoms with Crippen molar-refractivity contribution in [3.63, 3.8) is 0 Å². The minimum Gasteiger partial charge on any atom is -0.325 e. The van der Waals surface area contributed by atoms with Crippen molar-refractivity contribution >= 4 is 50.2 Å². The van der Waals surface area contributed by atoms with E-state index in [-0.39, 0.29) is 35.6 Å². The molecule has 1 saturated carbocycles. The first-order valence-corrected chi connectivity index (χ1v) is 13.5. The summed E-state index contributed by atoms with van der Waals surface area (Å²) < 4.78 is 2.32. The molecule has 0 radical (unpaired) electrons. The molecule has 3 aromatic rings. The zero-order chi connectivity index (χ0) is 25.9. The lowest BCUT2D eigenvalue weighted by Gasteiger charge is -2.27. The molecule has 3 aliphatic rings. The number of para-hydroxylation sites is 1. The summed E-state index contributed by atoms with van der Waals surface area (Å²) in [5.41, 5.74) is 3.12. The van der Waals surface area contributed by atoms with Gasteiger partial charge in [-0.1, -0.05) is 37.3 Å². The Balaban J connectivity index is 1.26. The third kappa shape index (κ3) is 4.19. The highest BCUT2D eigenvalue weighted by atomic mass is 79.9. The summed E-state index contributed by atoms with van der Waals surface area (Å²) in [5, 5.41) is 8.22. The quantitative estimate of drug-likeness (QED) is 0.282. The van der Waals surface area contributed by atoms with Gasteiger partial charge in [-0.25, -0.2) is 4.98 Å². The Kier molecular flexibility index (Phi) is 5.78. The molecule has 1 aliphatic heterocycles. The first kappa shape index (κ1) is 24.0. The summed E-state index contributed by atoms with van der Waals surface area (Å²) in [6.45, 7) is 3.58. The summed E-state index contributed by atoms with van der Waals surface area (Å²) in [6, 6.07) is 8.96. The second kappa shape index (κ2) is 8.90. The zero-order valence-electron chi connectivity index (χ0n) is 20.8. The Morgan fingerprint density at radius 3 is 2.78 bits per heavy atom. The fourth-order valence-electron chi connectivity index (χ4n) is 5.86. The van der Waals surface area contributed by atoms with E-state index in [0.717, 1.165) is 45.9 Å². The molecular weight excluding hydrogens is 534 g/mol. The number of nitrogens with zero attached hydrogens (tertiary/aromatic N) is 4. The van der Waals surface area contributed by atoms with E-state index < -0.39 is 6.04 Å². The van der Waals surface area contributed by atoms with Gasteiger partial charge in [0, 0.05) is 18.4 Å². The predicted octanol–water partition coefficient (Wildman–Crippen LogP) is 4.46. The van der Waals surface area contributed by atoms with Gasteiger partial charge < -0.3 is 10.2 Å². The maximum Gasteiger partial charge on any atom is 0.248 e. The minimum absolute atomic E-state index is 0.0277. The van der Waals surface area contributed by atoms with Crippen molar-refractivity contribution in [3.05, 3.63) is 63.9 Å². The molecule has 1 aromatic carbocycles. The molecule has 6 rings (SSSR count). The van der Waals surface area contributed by atoms with E-state index in [1.807, 2.05) is 24.3 Å². The third-order valence-electron chi connectivity index (χ3n) is 7.96. The largest absolute Gasteiger partial charge is 0.325 e. The van der Waals surface area contributed by atoms with Crippen LogP contribution in [0.15, 0.2) is 47.1 Å². The van der Waals surface area contributed by atoms with Crippen molar-refractivity contribution in [2.75, 3.05) is 5.32 Å². The highest BCUT2D eigenvalue weighted by molar-refractivity contribution is 9.10. The predicted molar refractivity (Wildman–Crippen MR) is 143 cm³/mol. The third-order valence-corrected chi connectivity index (χ3v) is 8.64. The number of ketones is 1. The molecule has 190 valence electrons. The summed E-state index contributed by atoms with van der Waals surface area (Å²) >= 11 is 3.55. The number of allylic oxidation sites excluding steroid dienone is 2. The van der Waals surface area contributed by atoms with Crippen molar-refractivity contribution in [3.8, 4) is 0 Å². The number of aromatic nitrogens is 3. The molecule has 1 unspecified atom stereocenters. The van der Waals surface area contributed by atoms with Crippen LogP contribution in [0.2, 0.25) is 0 Å². The maximum atomic E-state index is 13.7. The molecule has 2 aromatic heterocycles. The number of hydrogen-bond acceptors (Lipinski definition) is 5. The lowest BCUT2D eigenvalue weighted by atomic mass is 10.0. The van der Waals surface area contributed by atoms with E-state index in [0.29, 0.717) is 24.4 Å². The second-order valence-corrected chi connectivity index (χ2v) is 11.4. The molecule has 2 bridgehead atoms. The number of benzene rings is 1. The van der Waals surface area contributed by atoms with E-state index >= 15 is 0 Å². The minimum atomic E-state index is -0.582. The number of amides is 2. The first-order chi connectivity index (χ1) is 17.7. The monoisotopic (exact) mass is 561 g/mol. The standard InChI is InChI=1S/C28H28BrN5O3/c1-16(35)24-19-10-6-7-11-20(19)33(32-24)15-23(36)34-21(13-28(2)14-22(28)34)27(37)31-26-18-9-5-3-4-8-17(12-18)25(29)30-26/h3,5-7,10-12,21-22H,4,8-9,13-15H2,1-2H3,(H,30,31,37)/b5-3-/t21?,22-,28+/m1/s1. The molecule has 9 heteroatoms. The molecule has 37 heavy (non-hydrogen) atoms. The van der Waals surface area contributed by atoms with Crippen LogP contribution in [0.1, 0.15) is 54.7 Å². The molecule has 3 atom stereocenters. The number of fused-ring (bicyclic) bond motifs is 4. The molecule has 3 heterocycles. The van der Waals surface area contributed by atoms with Crippen LogP contribution >= 0.6 is 15.9 Å². The van der Waals surface area contributed by atoms with E-state index in [9.17, 15) is 14.4 Å². The van der Waals surface area contributed by atoms with Crippen molar-refractivity contribution in [1.29, 1.82) is 0 Å². The topological polar surface area (TPSA) is 97.2 Å². The normalized spacial score (nSPS) is 24.8. The van der Waals surface area contributed by atoms with Crippen molar-refractivity contribution in [1.82, 2.24) is 19.7 Å². The second-order valence-electron chi connectivity index (χ2n) is 10.6. The highest BCUT2D eigenvalue weighted by Gasteiger charge is 2.64. The molecule has 0 spiro atoms. The number of aryl methyl sites for hydroxylation is 1. The average Bonchev–Trinajstić information content (AvgIpc) is 3.21. The fraction of sp³-hybridized carbons (Fsp3) is 0.393. The van der Waals surface area contributed by atoms with Crippen LogP contribution in [0.3, 0.4) is 0 Å². The van der Waals surface area contributed by atoms with Crippen LogP contribution < -0.4 is 5.32 Å². The van der Waals surface area contributed by atoms with Crippen LogP contribution in [-0.4, -0.2) is 49.3 Å². The Bertz CT molecular complexity index is 1490. The number of carbonyl (C=O) groups is 3. The van der Waals surface area contributed by atoms with E-state index in [2.05, 4.69) is 56.5 Å². The summed E-state index contributed by atoms with van der Waals surface area (Å²) in [4.78, 5) is 45.8. The Morgan fingerprint density at radius 1 is 1.16 bits per heavy atom. The number of hydrogen-bond donors (Lipinski definition) is 1. The van der Waals surface area contributed by atoms with Gasteiger partial charge in [-0.15, -0.1) is 0 Å². The van der Waals surface area contributed by atoms with Gasteiger partial charge in [0.2, 0.25) is 11.8 Å². The van der Waals surface area contributed by atoms with Crippen LogP contribution in [0.4, 0.5) is 5.82 Å². The number of pyridine rings is 1. The smallest absolute Gasteiger partial charge is 0.248 e. The van der Waals surface area contributed by atoms with Crippen LogP contribution in [0.5, 0.6) is 0 Å². The van der Waals surface area contributed by atoms with Crippen molar-refractivity contribution in [2.24, 2.45) is 5.41 Å². The maximum absolute atomic E-state index is 13.7. The van der Waals surface area contributed by atoms with E-state index in [4.69, 9.17) is 0 Å². The summed E-state index contributed by atoms with van der Waals surface area (Å²) in [5.74, 6) is 0.00259. The van der Waals surface area contributed by atoms with Crippen LogP contribution in [0, 0.1) is 5.41 Å². The number of nitrogens with one attached hydrogen (secondary N) is 1. The number of piperidine rings is 1. The van der Waals surface area contributed by atoms with Crippen molar-refractivity contribution in [2.45, 2.75) is 64.6 Å². The summed E-state index contributed by atoms with van der Waals surface area (Å²) in [6.07, 6.45) is 8.31. The van der Waals surface area contributed by atoms with Gasteiger partial charge in [-0.05, 0) is 76.7 Å². The number of carbonyl (C=O) groups excluding carboxylic acids is 3. The lowest BCUT2D eigenvalue weighted by Crippen LogP contribution is -2.47. The van der Waals surface area contributed by atoms with Crippen molar-refractivity contribution < 1.29 is 14.4 Å². The Hall–Kier alpha value is -3.33. The van der Waals surface area contributed by atoms with Gasteiger partial charge in [0.05, 0.1) is 5.52 Å². The Morgan fingerprint density at radius 2 is 1.97 bits per heavy atom. The Labute approximate surface area is 223 Å². The van der Waals surface area contributed by atoms with Gasteiger partial charge in [-0.2, -0.15) is 5.10 Å². The SMILES string of the molecule is CC(=O)c1nn(CC(=O)N2C(C(=O)Nc3nc(Br)c4cc3C/C=C\CC4)C[C@@]3(C)C[C@@H]23)c2ccccc12. The lowest BCUT2D eigenvalue weighted by molar-refractivity contribution is -0.138. The number of likely N-dealkylation sites (tertiary alicyclic amines) is 1. The fourth-order valence-corrected chi connectivity index (χ4v) is 6.35. The molecule has 2 amide bonds. The number of rotatable bonds is 5. The molecule has 1 saturated heterocycles. The average molecular weight is 562 g/mol. The van der Waals surface area contributed by atoms with Gasteiger partial charge >= 0.3 is 0 Å². The van der Waals surface area contributed by atoms with Gasteiger partial charge in [0.15, 0.2) is 5.78 Å². The van der Waals surface area contributed by atoms with Gasteiger partial charge in [-0.3, -0.25) is 19.1 Å². The highest BCUT2D eigenvalue weighted by Crippen LogP contribution is 2.59. The number of anilines is 1. The zero-order valence-corrected chi connectivity index (χ0v) is 22.4. The molecule has 2 fully saturated rings. The first-order valence-electron chi connectivity index (χ1n) is 12.7. The number of halogens is 1. The summed E-state index contributed by atoms with van der Waals surface area (Å²) in [7, 11) is 0. The van der Waals surface area contributed by atoms with E-state index in [1.54, 1.807) is 9.58 Å². The van der Waals surface area contributed by atoms with Crippen LogP contribution in [0.25, 0.3) is 10.9 Å². The van der Waals surface area contributed by atoms with Gasteiger partial charge in [0.25, 0.3) is 0 Å². The van der Waals surface area contributed by atoms with Gasteiger partial charge in [0.1, 0.15) is 28.7 Å². The molecule has 2 aliphatic carbocycles. The molecule has 1 N–H and O–H groups in total. The molecular formula is C28H28BrN5O3. The number of Topliss-reactive ketones (excluding diaryl/α,β-unsaturated/α-hetero) is 1.